The summed E-state index contributed by atoms with van der Waals surface area (Å²) in [5.74, 6) is 0. The molecule has 0 radical (unpaired) electrons. The minimum atomic E-state index is 0.305. The van der Waals surface area contributed by atoms with Crippen LogP contribution in [-0.4, -0.2) is 15.0 Å². The van der Waals surface area contributed by atoms with Crippen molar-refractivity contribution in [3.63, 3.8) is 0 Å². The zero-order valence-electron chi connectivity index (χ0n) is 10.2. The van der Waals surface area contributed by atoms with E-state index in [1.807, 2.05) is 6.07 Å². The van der Waals surface area contributed by atoms with Crippen molar-refractivity contribution in [2.75, 3.05) is 5.32 Å². The third-order valence-corrected chi connectivity index (χ3v) is 3.63. The van der Waals surface area contributed by atoms with E-state index < -0.39 is 0 Å². The number of aryl methyl sites for hydroxylation is 2. The van der Waals surface area contributed by atoms with E-state index in [0.29, 0.717) is 10.7 Å². The maximum atomic E-state index is 5.50. The van der Waals surface area contributed by atoms with Crippen molar-refractivity contribution in [3.05, 3.63) is 34.6 Å². The molecule has 0 bridgehead atoms. The summed E-state index contributed by atoms with van der Waals surface area (Å²) >= 11 is 6.50. The molecule has 2 aromatic heterocycles. The molecule has 4 nitrogen and oxygen atoms in total. The average molecular weight is 278 g/mol. The predicted octanol–water partition coefficient (Wildman–Crippen LogP) is 2.79. The molecule has 0 saturated carbocycles. The van der Waals surface area contributed by atoms with Crippen LogP contribution in [0.1, 0.15) is 23.2 Å². The lowest BCUT2D eigenvalue weighted by atomic mass is 10.3. The predicted molar refractivity (Wildman–Crippen MR) is 79.6 cm³/mol. The highest BCUT2D eigenvalue weighted by Gasteiger charge is 2.06. The van der Waals surface area contributed by atoms with Crippen LogP contribution >= 0.6 is 23.6 Å². The highest BCUT2D eigenvalue weighted by Crippen LogP contribution is 2.25. The van der Waals surface area contributed by atoms with Gasteiger partial charge in [-0.15, -0.1) is 11.3 Å². The van der Waals surface area contributed by atoms with Crippen LogP contribution in [0.25, 0.3) is 0 Å². The quantitative estimate of drug-likeness (QED) is 0.842. The van der Waals surface area contributed by atoms with Gasteiger partial charge < -0.3 is 11.1 Å². The number of nitrogens with one attached hydrogen (secondary N) is 1. The topological polar surface area (TPSA) is 63.8 Å². The Bertz CT molecular complexity index is 560. The first-order valence-electron chi connectivity index (χ1n) is 5.59. The Morgan fingerprint density at radius 3 is 2.78 bits per heavy atom. The van der Waals surface area contributed by atoms with Gasteiger partial charge >= 0.3 is 0 Å². The van der Waals surface area contributed by atoms with Gasteiger partial charge in [0.15, 0.2) is 5.13 Å². The smallest absolute Gasteiger partial charge is 0.187 e. The summed E-state index contributed by atoms with van der Waals surface area (Å²) in [7, 11) is 0. The summed E-state index contributed by atoms with van der Waals surface area (Å²) in [5, 5.41) is 4.11. The van der Waals surface area contributed by atoms with Crippen LogP contribution in [0.2, 0.25) is 0 Å². The monoisotopic (exact) mass is 278 g/mol. The molecule has 0 spiro atoms. The Labute approximate surface area is 115 Å². The van der Waals surface area contributed by atoms with E-state index in [1.165, 1.54) is 4.88 Å². The molecule has 2 rings (SSSR count). The number of nitrogens with zero attached hydrogens (tertiary/aromatic N) is 2. The number of pyridine rings is 1. The van der Waals surface area contributed by atoms with E-state index in [4.69, 9.17) is 18.0 Å². The van der Waals surface area contributed by atoms with Crippen molar-refractivity contribution >= 4 is 39.4 Å². The number of anilines is 2. The first-order chi connectivity index (χ1) is 8.60. The van der Waals surface area contributed by atoms with E-state index in [0.717, 1.165) is 22.9 Å². The normalized spacial score (nSPS) is 10.3. The molecule has 0 saturated heterocycles. The first kappa shape index (κ1) is 12.9. The summed E-state index contributed by atoms with van der Waals surface area (Å²) < 4.78 is 0. The molecule has 0 atom stereocenters. The van der Waals surface area contributed by atoms with Crippen LogP contribution in [0.15, 0.2) is 18.3 Å². The molecule has 3 N–H and O–H groups in total. The Morgan fingerprint density at radius 2 is 2.28 bits per heavy atom. The molecule has 0 aromatic carbocycles. The number of hydrogen-bond donors (Lipinski definition) is 2. The third-order valence-electron chi connectivity index (χ3n) is 2.49. The number of aromatic nitrogens is 2. The molecule has 0 aliphatic heterocycles. The Morgan fingerprint density at radius 1 is 1.50 bits per heavy atom. The maximum Gasteiger partial charge on any atom is 0.187 e. The summed E-state index contributed by atoms with van der Waals surface area (Å²) in [5.41, 5.74) is 8.14. The number of thiazole rings is 1. The number of thiocarbonyl (C=S) groups is 1. The van der Waals surface area contributed by atoms with Crippen molar-refractivity contribution < 1.29 is 0 Å². The van der Waals surface area contributed by atoms with Crippen molar-refractivity contribution in [2.24, 2.45) is 5.73 Å². The van der Waals surface area contributed by atoms with Crippen LogP contribution < -0.4 is 11.1 Å². The zero-order chi connectivity index (χ0) is 13.1. The molecule has 0 unspecified atom stereocenters. The number of rotatable bonds is 4. The summed E-state index contributed by atoms with van der Waals surface area (Å²) in [6, 6.07) is 3.69. The molecule has 2 heterocycles. The van der Waals surface area contributed by atoms with E-state index in [1.54, 1.807) is 23.6 Å². The lowest BCUT2D eigenvalue weighted by molar-refractivity contribution is 1.05. The standard InChI is InChI=1S/C12H14N4S2/c1-3-9-7(2)18-12(16-9)15-8-4-5-10(11(13)17)14-6-8/h4-6H,3H2,1-2H3,(H2,13,17)(H,15,16). The third kappa shape index (κ3) is 2.83. The SMILES string of the molecule is CCc1nc(Nc2ccc(C(N)=S)nc2)sc1C. The first-order valence-corrected chi connectivity index (χ1v) is 6.81. The van der Waals surface area contributed by atoms with Gasteiger partial charge in [0.05, 0.1) is 23.3 Å². The second kappa shape index (κ2) is 5.41. The van der Waals surface area contributed by atoms with Gasteiger partial charge in [-0.25, -0.2) is 4.98 Å². The molecule has 6 heteroatoms. The van der Waals surface area contributed by atoms with Crippen molar-refractivity contribution in [2.45, 2.75) is 20.3 Å². The molecule has 2 aromatic rings. The van der Waals surface area contributed by atoms with Crippen LogP contribution in [0.5, 0.6) is 0 Å². The molecule has 0 aliphatic carbocycles. The van der Waals surface area contributed by atoms with Crippen LogP contribution in [-0.2, 0) is 6.42 Å². The van der Waals surface area contributed by atoms with Gasteiger partial charge in [0.25, 0.3) is 0 Å². The molecule has 0 amide bonds. The lowest BCUT2D eigenvalue weighted by Gasteiger charge is -2.02. The van der Waals surface area contributed by atoms with E-state index in [9.17, 15) is 0 Å². The fourth-order valence-corrected chi connectivity index (χ4v) is 2.59. The molecule has 0 fully saturated rings. The van der Waals surface area contributed by atoms with Gasteiger partial charge in [-0.1, -0.05) is 19.1 Å². The number of hydrogen-bond acceptors (Lipinski definition) is 5. The van der Waals surface area contributed by atoms with Gasteiger partial charge in [0.1, 0.15) is 4.99 Å². The summed E-state index contributed by atoms with van der Waals surface area (Å²) in [4.78, 5) is 10.2. The molecular formula is C12H14N4S2. The minimum absolute atomic E-state index is 0.305. The minimum Gasteiger partial charge on any atom is -0.388 e. The van der Waals surface area contributed by atoms with Gasteiger partial charge in [0.2, 0.25) is 0 Å². The molecule has 0 aliphatic rings. The van der Waals surface area contributed by atoms with Crippen molar-refractivity contribution in [1.29, 1.82) is 0 Å². The van der Waals surface area contributed by atoms with Crippen LogP contribution in [0, 0.1) is 6.92 Å². The van der Waals surface area contributed by atoms with Crippen molar-refractivity contribution in [1.82, 2.24) is 9.97 Å². The average Bonchev–Trinajstić information content (AvgIpc) is 2.70. The molecule has 94 valence electrons. The number of nitrogens with two attached hydrogens (primary N) is 1. The second-order valence-corrected chi connectivity index (χ2v) is 5.44. The Kier molecular flexibility index (Phi) is 3.88. The van der Waals surface area contributed by atoms with Gasteiger partial charge in [-0.2, -0.15) is 0 Å². The molecule has 18 heavy (non-hydrogen) atoms. The van der Waals surface area contributed by atoms with E-state index >= 15 is 0 Å². The van der Waals surface area contributed by atoms with E-state index in [2.05, 4.69) is 29.1 Å². The van der Waals surface area contributed by atoms with Crippen LogP contribution in [0.3, 0.4) is 0 Å². The fraction of sp³-hybridized carbons (Fsp3) is 0.250. The van der Waals surface area contributed by atoms with Gasteiger partial charge in [-0.05, 0) is 25.5 Å². The lowest BCUT2D eigenvalue weighted by Crippen LogP contribution is -2.11. The fourth-order valence-electron chi connectivity index (χ4n) is 1.55. The Balaban J connectivity index is 2.15. The Hall–Kier alpha value is -1.53. The highest BCUT2D eigenvalue weighted by atomic mass is 32.1. The van der Waals surface area contributed by atoms with E-state index in [-0.39, 0.29) is 0 Å². The zero-order valence-corrected chi connectivity index (χ0v) is 11.9. The van der Waals surface area contributed by atoms with Gasteiger partial charge in [0, 0.05) is 4.88 Å². The highest BCUT2D eigenvalue weighted by molar-refractivity contribution is 7.80. The second-order valence-electron chi connectivity index (χ2n) is 3.80. The maximum absolute atomic E-state index is 5.50. The van der Waals surface area contributed by atoms with Crippen molar-refractivity contribution in [3.8, 4) is 0 Å². The van der Waals surface area contributed by atoms with Crippen LogP contribution in [0.4, 0.5) is 10.8 Å². The van der Waals surface area contributed by atoms with Gasteiger partial charge in [-0.3, -0.25) is 4.98 Å². The summed E-state index contributed by atoms with van der Waals surface area (Å²) in [6.45, 7) is 4.18. The summed E-state index contributed by atoms with van der Waals surface area (Å²) in [6.07, 6.45) is 2.65. The largest absolute Gasteiger partial charge is 0.388 e. The molecular weight excluding hydrogens is 264 g/mol.